The van der Waals surface area contributed by atoms with Gasteiger partial charge in [0.25, 0.3) is 5.91 Å². The molecule has 0 atom stereocenters. The zero-order valence-electron chi connectivity index (χ0n) is 11.6. The van der Waals surface area contributed by atoms with Crippen molar-refractivity contribution in [1.29, 1.82) is 0 Å². The number of amides is 1. The third-order valence-corrected chi connectivity index (χ3v) is 4.41. The Morgan fingerprint density at radius 3 is 2.52 bits per heavy atom. The number of carbonyl (C=O) groups excluding carboxylic acids is 1. The van der Waals surface area contributed by atoms with Crippen molar-refractivity contribution in [1.82, 2.24) is 10.9 Å². The Balaban J connectivity index is 1.74. The standard InChI is InChI=1S/C15H16BrN3OS/c1-10-3-5-12(6-4-10)17-9-15(20)19-18-11(2)13-7-8-14(16)21-13/h3-8,17-18H,2,9H2,1H3,(H,19,20). The third kappa shape index (κ3) is 4.91. The van der Waals surface area contributed by atoms with Crippen LogP contribution in [0, 0.1) is 6.92 Å². The summed E-state index contributed by atoms with van der Waals surface area (Å²) in [4.78, 5) is 12.7. The maximum Gasteiger partial charge on any atom is 0.257 e. The summed E-state index contributed by atoms with van der Waals surface area (Å²) in [5.74, 6) is -0.160. The molecule has 4 nitrogen and oxygen atoms in total. The Hall–Kier alpha value is -1.79. The fraction of sp³-hybridized carbons (Fsp3) is 0.133. The van der Waals surface area contributed by atoms with Crippen LogP contribution in [0.4, 0.5) is 5.69 Å². The first kappa shape index (κ1) is 15.6. The number of anilines is 1. The van der Waals surface area contributed by atoms with Gasteiger partial charge in [0.05, 0.1) is 20.9 Å². The van der Waals surface area contributed by atoms with Crippen LogP contribution in [0.3, 0.4) is 0 Å². The molecule has 0 saturated carbocycles. The highest BCUT2D eigenvalue weighted by Gasteiger charge is 2.04. The van der Waals surface area contributed by atoms with E-state index in [1.807, 2.05) is 43.3 Å². The molecule has 21 heavy (non-hydrogen) atoms. The minimum atomic E-state index is -0.160. The molecule has 110 valence electrons. The Morgan fingerprint density at radius 1 is 1.19 bits per heavy atom. The Labute approximate surface area is 136 Å². The summed E-state index contributed by atoms with van der Waals surface area (Å²) in [5.41, 5.74) is 8.19. The van der Waals surface area contributed by atoms with Crippen LogP contribution in [-0.4, -0.2) is 12.5 Å². The molecule has 0 spiro atoms. The van der Waals surface area contributed by atoms with Crippen LogP contribution in [-0.2, 0) is 4.79 Å². The molecule has 6 heteroatoms. The van der Waals surface area contributed by atoms with E-state index in [0.717, 1.165) is 14.4 Å². The number of hydrogen-bond acceptors (Lipinski definition) is 4. The zero-order valence-corrected chi connectivity index (χ0v) is 14.0. The highest BCUT2D eigenvalue weighted by atomic mass is 79.9. The van der Waals surface area contributed by atoms with Crippen LogP contribution >= 0.6 is 27.3 Å². The average molecular weight is 366 g/mol. The van der Waals surface area contributed by atoms with Crippen molar-refractivity contribution in [3.63, 3.8) is 0 Å². The molecule has 0 aliphatic heterocycles. The summed E-state index contributed by atoms with van der Waals surface area (Å²) in [6, 6.07) is 11.7. The van der Waals surface area contributed by atoms with Gasteiger partial charge in [0.15, 0.2) is 0 Å². The number of hydrogen-bond donors (Lipinski definition) is 3. The van der Waals surface area contributed by atoms with Crippen LogP contribution in [0.1, 0.15) is 10.4 Å². The molecule has 1 aromatic carbocycles. The normalized spacial score (nSPS) is 10.0. The third-order valence-electron chi connectivity index (χ3n) is 2.73. The first-order valence-electron chi connectivity index (χ1n) is 6.34. The Kier molecular flexibility index (Phi) is 5.41. The second-order valence-corrected chi connectivity index (χ2v) is 6.94. The average Bonchev–Trinajstić information content (AvgIpc) is 2.91. The van der Waals surface area contributed by atoms with Crippen LogP contribution in [0.25, 0.3) is 5.70 Å². The second kappa shape index (κ2) is 7.28. The van der Waals surface area contributed by atoms with Crippen molar-refractivity contribution >= 4 is 44.6 Å². The minimum absolute atomic E-state index is 0.160. The minimum Gasteiger partial charge on any atom is -0.376 e. The number of thiophene rings is 1. The van der Waals surface area contributed by atoms with Gasteiger partial charge >= 0.3 is 0 Å². The summed E-state index contributed by atoms with van der Waals surface area (Å²) in [7, 11) is 0. The summed E-state index contributed by atoms with van der Waals surface area (Å²) >= 11 is 4.94. The summed E-state index contributed by atoms with van der Waals surface area (Å²) in [6.07, 6.45) is 0. The van der Waals surface area contributed by atoms with E-state index in [1.165, 1.54) is 5.56 Å². The fourth-order valence-corrected chi connectivity index (χ4v) is 2.89. The van der Waals surface area contributed by atoms with E-state index < -0.39 is 0 Å². The molecule has 0 fully saturated rings. The van der Waals surface area contributed by atoms with E-state index in [2.05, 4.69) is 38.7 Å². The molecule has 1 aromatic heterocycles. The van der Waals surface area contributed by atoms with Gasteiger partial charge in [0.1, 0.15) is 0 Å². The van der Waals surface area contributed by atoms with Gasteiger partial charge in [-0.15, -0.1) is 11.3 Å². The lowest BCUT2D eigenvalue weighted by molar-refractivity contribution is -0.120. The summed E-state index contributed by atoms with van der Waals surface area (Å²) in [5, 5.41) is 3.05. The van der Waals surface area contributed by atoms with Gasteiger partial charge in [-0.3, -0.25) is 15.6 Å². The van der Waals surface area contributed by atoms with Crippen LogP contribution in [0.15, 0.2) is 46.8 Å². The predicted molar refractivity (Wildman–Crippen MR) is 92.0 cm³/mol. The molecule has 2 aromatic rings. The number of rotatable bonds is 6. The van der Waals surface area contributed by atoms with Gasteiger partial charge in [-0.2, -0.15) is 0 Å². The van der Waals surface area contributed by atoms with Crippen molar-refractivity contribution in [2.45, 2.75) is 6.92 Å². The molecular weight excluding hydrogens is 350 g/mol. The molecule has 0 saturated heterocycles. The fourth-order valence-electron chi connectivity index (χ4n) is 1.58. The van der Waals surface area contributed by atoms with Crippen LogP contribution in [0.5, 0.6) is 0 Å². The number of nitrogens with one attached hydrogen (secondary N) is 3. The number of benzene rings is 1. The molecule has 3 N–H and O–H groups in total. The zero-order chi connectivity index (χ0) is 15.2. The highest BCUT2D eigenvalue weighted by molar-refractivity contribution is 9.11. The van der Waals surface area contributed by atoms with Crippen molar-refractivity contribution in [3.8, 4) is 0 Å². The van der Waals surface area contributed by atoms with Crippen molar-refractivity contribution in [2.75, 3.05) is 11.9 Å². The lowest BCUT2D eigenvalue weighted by atomic mass is 10.2. The number of halogens is 1. The lowest BCUT2D eigenvalue weighted by Gasteiger charge is -2.11. The molecule has 0 bridgehead atoms. The topological polar surface area (TPSA) is 53.2 Å². The van der Waals surface area contributed by atoms with Crippen molar-refractivity contribution < 1.29 is 4.79 Å². The predicted octanol–water partition coefficient (Wildman–Crippen LogP) is 3.52. The molecular formula is C15H16BrN3OS. The molecule has 0 aliphatic carbocycles. The van der Waals surface area contributed by atoms with Gasteiger partial charge in [0, 0.05) is 5.69 Å². The number of aryl methyl sites for hydroxylation is 1. The lowest BCUT2D eigenvalue weighted by Crippen LogP contribution is -2.39. The molecule has 0 unspecified atom stereocenters. The monoisotopic (exact) mass is 365 g/mol. The van der Waals surface area contributed by atoms with E-state index in [-0.39, 0.29) is 12.5 Å². The van der Waals surface area contributed by atoms with E-state index >= 15 is 0 Å². The molecule has 1 heterocycles. The van der Waals surface area contributed by atoms with Gasteiger partial charge < -0.3 is 5.32 Å². The molecule has 0 radical (unpaired) electrons. The summed E-state index contributed by atoms with van der Waals surface area (Å²) < 4.78 is 1.02. The number of carbonyl (C=O) groups is 1. The van der Waals surface area contributed by atoms with Gasteiger partial charge in [-0.1, -0.05) is 24.3 Å². The SMILES string of the molecule is C=C(NNC(=O)CNc1ccc(C)cc1)c1ccc(Br)s1. The Morgan fingerprint density at radius 2 is 1.90 bits per heavy atom. The number of hydrazine groups is 1. The highest BCUT2D eigenvalue weighted by Crippen LogP contribution is 2.25. The Bertz CT molecular complexity index is 637. The first-order valence-corrected chi connectivity index (χ1v) is 7.95. The smallest absolute Gasteiger partial charge is 0.257 e. The first-order chi connectivity index (χ1) is 10.0. The quantitative estimate of drug-likeness (QED) is 0.686. The van der Waals surface area contributed by atoms with Gasteiger partial charge in [0.2, 0.25) is 0 Å². The van der Waals surface area contributed by atoms with Gasteiger partial charge in [-0.25, -0.2) is 0 Å². The van der Waals surface area contributed by atoms with Crippen LogP contribution < -0.4 is 16.2 Å². The molecule has 1 amide bonds. The van der Waals surface area contributed by atoms with Gasteiger partial charge in [-0.05, 0) is 47.1 Å². The van der Waals surface area contributed by atoms with E-state index in [9.17, 15) is 4.79 Å². The van der Waals surface area contributed by atoms with Crippen molar-refractivity contribution in [2.24, 2.45) is 0 Å². The molecule has 2 rings (SSSR count). The second-order valence-electron chi connectivity index (χ2n) is 4.48. The van der Waals surface area contributed by atoms with E-state index in [1.54, 1.807) is 11.3 Å². The maximum atomic E-state index is 11.7. The van der Waals surface area contributed by atoms with E-state index in [4.69, 9.17) is 0 Å². The molecule has 0 aliphatic rings. The summed E-state index contributed by atoms with van der Waals surface area (Å²) in [6.45, 7) is 6.10. The largest absolute Gasteiger partial charge is 0.376 e. The maximum absolute atomic E-state index is 11.7. The van der Waals surface area contributed by atoms with Crippen LogP contribution in [0.2, 0.25) is 0 Å². The van der Waals surface area contributed by atoms with Crippen molar-refractivity contribution in [3.05, 3.63) is 57.2 Å². The van der Waals surface area contributed by atoms with E-state index in [0.29, 0.717) is 5.70 Å².